The van der Waals surface area contributed by atoms with E-state index < -0.39 is 10.0 Å². The van der Waals surface area contributed by atoms with Gasteiger partial charge in [0.1, 0.15) is 0 Å². The number of hydrogen-bond donors (Lipinski definition) is 0. The summed E-state index contributed by atoms with van der Waals surface area (Å²) in [6.07, 6.45) is 6.04. The van der Waals surface area contributed by atoms with Crippen LogP contribution in [0.15, 0.2) is 71.9 Å². The Balaban J connectivity index is 1.42. The average molecular weight is 551 g/mol. The van der Waals surface area contributed by atoms with Crippen LogP contribution in [0.1, 0.15) is 41.3 Å². The van der Waals surface area contributed by atoms with Crippen molar-refractivity contribution >= 4 is 42.6 Å². The van der Waals surface area contributed by atoms with Gasteiger partial charge < -0.3 is 4.74 Å². The summed E-state index contributed by atoms with van der Waals surface area (Å²) in [5, 5.41) is 0.579. The van der Waals surface area contributed by atoms with E-state index in [-0.39, 0.29) is 23.5 Å². The van der Waals surface area contributed by atoms with Crippen LogP contribution >= 0.6 is 11.3 Å². The number of carbonyl (C=O) groups excluding carboxylic acids is 1. The molecule has 1 saturated heterocycles. The number of carbonyl (C=O) groups is 1. The van der Waals surface area contributed by atoms with Gasteiger partial charge in [0.05, 0.1) is 27.8 Å². The normalized spacial score (nSPS) is 15.8. The number of aromatic nitrogens is 2. The zero-order valence-corrected chi connectivity index (χ0v) is 23.0. The van der Waals surface area contributed by atoms with Gasteiger partial charge in [-0.2, -0.15) is 4.31 Å². The van der Waals surface area contributed by atoms with Crippen LogP contribution in [-0.2, 0) is 27.7 Å². The maximum absolute atomic E-state index is 13.8. The van der Waals surface area contributed by atoms with E-state index in [2.05, 4.69) is 18.0 Å². The molecule has 1 aliphatic rings. The Bertz CT molecular complexity index is 1520. The second-order valence-electron chi connectivity index (χ2n) is 9.35. The molecule has 0 saturated carbocycles. The third kappa shape index (κ3) is 5.63. The summed E-state index contributed by atoms with van der Waals surface area (Å²) >= 11 is 1.46. The van der Waals surface area contributed by atoms with Crippen molar-refractivity contribution in [2.24, 2.45) is 0 Å². The van der Waals surface area contributed by atoms with Crippen LogP contribution in [0.2, 0.25) is 0 Å². The summed E-state index contributed by atoms with van der Waals surface area (Å²) in [6.45, 7) is 3.36. The van der Waals surface area contributed by atoms with Gasteiger partial charge in [-0.05, 0) is 72.9 Å². The smallest absolute Gasteiger partial charge is 0.260 e. The molecule has 38 heavy (non-hydrogen) atoms. The molecule has 1 atom stereocenters. The highest BCUT2D eigenvalue weighted by Crippen LogP contribution is 2.32. The Morgan fingerprint density at radius 1 is 1.13 bits per heavy atom. The van der Waals surface area contributed by atoms with Gasteiger partial charge in [-0.25, -0.2) is 13.4 Å². The van der Waals surface area contributed by atoms with Crippen molar-refractivity contribution in [1.29, 1.82) is 0 Å². The first-order valence-corrected chi connectivity index (χ1v) is 14.9. The fourth-order valence-corrected chi connectivity index (χ4v) is 6.70. The molecule has 1 fully saturated rings. The molecular formula is C28H30N4O4S2. The maximum Gasteiger partial charge on any atom is 0.260 e. The van der Waals surface area contributed by atoms with E-state index in [0.717, 1.165) is 35.0 Å². The van der Waals surface area contributed by atoms with E-state index in [9.17, 15) is 13.2 Å². The Kier molecular flexibility index (Phi) is 7.85. The summed E-state index contributed by atoms with van der Waals surface area (Å²) in [5.41, 5.74) is 3.29. The molecule has 4 aromatic rings. The van der Waals surface area contributed by atoms with Crippen LogP contribution in [0, 0.1) is 0 Å². The van der Waals surface area contributed by atoms with Gasteiger partial charge in [-0.3, -0.25) is 14.7 Å². The van der Waals surface area contributed by atoms with Crippen molar-refractivity contribution in [3.05, 3.63) is 83.7 Å². The summed E-state index contributed by atoms with van der Waals surface area (Å²) < 4.78 is 34.1. The summed E-state index contributed by atoms with van der Waals surface area (Å²) in [7, 11) is -2.15. The van der Waals surface area contributed by atoms with Gasteiger partial charge in [0, 0.05) is 38.2 Å². The first-order chi connectivity index (χ1) is 18.3. The predicted octanol–water partition coefficient (Wildman–Crippen LogP) is 4.90. The molecule has 8 nitrogen and oxygen atoms in total. The molecule has 0 N–H and O–H groups in total. The van der Waals surface area contributed by atoms with E-state index in [1.165, 1.54) is 33.3 Å². The molecule has 10 heteroatoms. The number of thiazole rings is 1. The lowest BCUT2D eigenvalue weighted by molar-refractivity contribution is 0.0978. The monoisotopic (exact) mass is 550 g/mol. The highest BCUT2D eigenvalue weighted by atomic mass is 32.2. The molecule has 0 radical (unpaired) electrons. The maximum atomic E-state index is 13.8. The molecule has 198 valence electrons. The quantitative estimate of drug-likeness (QED) is 0.294. The summed E-state index contributed by atoms with van der Waals surface area (Å²) in [5.74, 6) is -0.264. The number of hydrogen-bond acceptors (Lipinski definition) is 7. The molecule has 0 spiro atoms. The van der Waals surface area contributed by atoms with Gasteiger partial charge in [0.25, 0.3) is 5.91 Å². The number of anilines is 1. The van der Waals surface area contributed by atoms with Gasteiger partial charge in [-0.1, -0.05) is 30.4 Å². The van der Waals surface area contributed by atoms with Crippen LogP contribution in [0.5, 0.6) is 0 Å². The second kappa shape index (κ2) is 11.3. The molecule has 1 unspecified atom stereocenters. The fraction of sp³-hybridized carbons (Fsp3) is 0.321. The Morgan fingerprint density at radius 2 is 1.95 bits per heavy atom. The molecule has 2 aromatic carbocycles. The van der Waals surface area contributed by atoms with Crippen LogP contribution in [0.3, 0.4) is 0 Å². The van der Waals surface area contributed by atoms with Crippen molar-refractivity contribution in [2.75, 3.05) is 25.1 Å². The number of sulfonamides is 1. The fourth-order valence-electron chi connectivity index (χ4n) is 4.47. The zero-order chi connectivity index (χ0) is 26.7. The molecular weight excluding hydrogens is 520 g/mol. The molecule has 0 bridgehead atoms. The molecule has 0 aliphatic carbocycles. The SMILES string of the molecule is CCc1ccc2nc(N(Cc3cccnc3)C(=O)c3ccc(S(=O)(=O)N(C)CC4CCCO4)cc3)sc2c1. The lowest BCUT2D eigenvalue weighted by atomic mass is 10.2. The Hall–Kier alpha value is -3.18. The van der Waals surface area contributed by atoms with E-state index in [1.54, 1.807) is 36.5 Å². The van der Waals surface area contributed by atoms with E-state index >= 15 is 0 Å². The second-order valence-corrected chi connectivity index (χ2v) is 12.4. The van der Waals surface area contributed by atoms with E-state index in [1.807, 2.05) is 24.3 Å². The van der Waals surface area contributed by atoms with Gasteiger partial charge >= 0.3 is 0 Å². The predicted molar refractivity (Wildman–Crippen MR) is 149 cm³/mol. The number of fused-ring (bicyclic) bond motifs is 1. The van der Waals surface area contributed by atoms with Crippen LogP contribution < -0.4 is 4.90 Å². The van der Waals surface area contributed by atoms with E-state index in [0.29, 0.717) is 23.8 Å². The highest BCUT2D eigenvalue weighted by Gasteiger charge is 2.27. The molecule has 1 aliphatic heterocycles. The molecule has 5 rings (SSSR count). The number of rotatable bonds is 9. The van der Waals surface area contributed by atoms with Crippen molar-refractivity contribution in [3.8, 4) is 0 Å². The van der Waals surface area contributed by atoms with E-state index in [4.69, 9.17) is 9.72 Å². The van der Waals surface area contributed by atoms with Crippen molar-refractivity contribution in [2.45, 2.75) is 43.7 Å². The average Bonchev–Trinajstić information content (AvgIpc) is 3.61. The summed E-state index contributed by atoms with van der Waals surface area (Å²) in [4.78, 5) is 24.5. The van der Waals surface area contributed by atoms with Gasteiger partial charge in [0.15, 0.2) is 5.13 Å². The number of pyridine rings is 1. The lowest BCUT2D eigenvalue weighted by Crippen LogP contribution is -2.34. The number of benzene rings is 2. The highest BCUT2D eigenvalue weighted by molar-refractivity contribution is 7.89. The number of amides is 1. The minimum atomic E-state index is -3.70. The topological polar surface area (TPSA) is 92.7 Å². The standard InChI is InChI=1S/C28H30N4O4S2/c1-3-20-8-13-25-26(16-20)37-28(30-25)32(18-21-6-4-14-29-17-21)27(33)22-9-11-24(12-10-22)38(34,35)31(2)19-23-7-5-15-36-23/h4,6,8-14,16-17,23H,3,5,7,15,18-19H2,1-2H3. The van der Waals surface area contributed by atoms with Crippen LogP contribution in [-0.4, -0.2) is 54.9 Å². The van der Waals surface area contributed by atoms with Crippen LogP contribution in [0.4, 0.5) is 5.13 Å². The number of ether oxygens (including phenoxy) is 1. The van der Waals surface area contributed by atoms with Crippen molar-refractivity contribution < 1.29 is 17.9 Å². The minimum Gasteiger partial charge on any atom is -0.377 e. The number of aryl methyl sites for hydroxylation is 1. The van der Waals surface area contributed by atoms with Crippen molar-refractivity contribution in [3.63, 3.8) is 0 Å². The van der Waals surface area contributed by atoms with Crippen molar-refractivity contribution in [1.82, 2.24) is 14.3 Å². The number of likely N-dealkylation sites (N-methyl/N-ethyl adjacent to an activating group) is 1. The third-order valence-electron chi connectivity index (χ3n) is 6.68. The summed E-state index contributed by atoms with van der Waals surface area (Å²) in [6, 6.07) is 16.0. The first kappa shape index (κ1) is 26.4. The zero-order valence-electron chi connectivity index (χ0n) is 21.4. The Morgan fingerprint density at radius 3 is 2.63 bits per heavy atom. The Labute approximate surface area is 227 Å². The van der Waals surface area contributed by atoms with Crippen LogP contribution in [0.25, 0.3) is 10.2 Å². The van der Waals surface area contributed by atoms with Gasteiger partial charge in [-0.15, -0.1) is 0 Å². The first-order valence-electron chi connectivity index (χ1n) is 12.6. The number of nitrogens with zero attached hydrogens (tertiary/aromatic N) is 4. The lowest BCUT2D eigenvalue weighted by Gasteiger charge is -2.21. The van der Waals surface area contributed by atoms with Gasteiger partial charge in [0.2, 0.25) is 10.0 Å². The third-order valence-corrected chi connectivity index (χ3v) is 9.56. The molecule has 1 amide bonds. The largest absolute Gasteiger partial charge is 0.377 e. The molecule has 2 aromatic heterocycles. The minimum absolute atomic E-state index is 0.0844. The molecule has 3 heterocycles.